The molecule has 1 saturated carbocycles. The van der Waals surface area contributed by atoms with Gasteiger partial charge in [-0.2, -0.15) is 4.98 Å². The predicted octanol–water partition coefficient (Wildman–Crippen LogP) is 2.97. The van der Waals surface area contributed by atoms with Gasteiger partial charge in [-0.15, -0.1) is 0 Å². The molecule has 1 aliphatic rings. The Bertz CT molecular complexity index is 557. The number of nitrogens with one attached hydrogen (secondary N) is 1. The number of benzene rings is 1. The summed E-state index contributed by atoms with van der Waals surface area (Å²) in [6.07, 6.45) is 3.44. The largest absolute Gasteiger partial charge is 0.339 e. The first-order chi connectivity index (χ1) is 9.72. The van der Waals surface area contributed by atoms with Gasteiger partial charge in [0.1, 0.15) is 0 Å². The highest BCUT2D eigenvalue weighted by Crippen LogP contribution is 2.40. The van der Waals surface area contributed by atoms with E-state index in [1.807, 2.05) is 6.92 Å². The second kappa shape index (κ2) is 5.75. The van der Waals surface area contributed by atoms with Crippen LogP contribution in [0.5, 0.6) is 0 Å². The first kappa shape index (κ1) is 13.3. The van der Waals surface area contributed by atoms with Gasteiger partial charge in [0, 0.05) is 19.0 Å². The normalized spacial score (nSPS) is 16.3. The Labute approximate surface area is 119 Å². The molecule has 3 rings (SSSR count). The maximum absolute atomic E-state index is 5.14. The van der Waals surface area contributed by atoms with Gasteiger partial charge in [0.2, 0.25) is 5.89 Å². The maximum Gasteiger partial charge on any atom is 0.227 e. The molecule has 4 heteroatoms. The maximum atomic E-state index is 5.14. The molecule has 1 heterocycles. The van der Waals surface area contributed by atoms with Gasteiger partial charge in [-0.1, -0.05) is 35.0 Å². The van der Waals surface area contributed by atoms with Gasteiger partial charge >= 0.3 is 0 Å². The number of hydrogen-bond acceptors (Lipinski definition) is 4. The molecule has 1 aromatic heterocycles. The predicted molar refractivity (Wildman–Crippen MR) is 77.4 cm³/mol. The van der Waals surface area contributed by atoms with Gasteiger partial charge < -0.3 is 9.84 Å². The molecule has 0 saturated heterocycles. The van der Waals surface area contributed by atoms with Crippen molar-refractivity contribution in [1.82, 2.24) is 15.5 Å². The molecule has 1 N–H and O–H groups in total. The molecule has 106 valence electrons. The Kier molecular flexibility index (Phi) is 3.83. The van der Waals surface area contributed by atoms with E-state index >= 15 is 0 Å². The molecule has 1 aromatic carbocycles. The van der Waals surface area contributed by atoms with E-state index in [1.165, 1.54) is 24.0 Å². The van der Waals surface area contributed by atoms with E-state index in [2.05, 4.69) is 46.6 Å². The second-order valence-corrected chi connectivity index (χ2v) is 5.67. The van der Waals surface area contributed by atoms with Crippen LogP contribution in [0, 0.1) is 19.8 Å². The highest BCUT2D eigenvalue weighted by molar-refractivity contribution is 5.25. The van der Waals surface area contributed by atoms with Gasteiger partial charge in [0.05, 0.1) is 0 Å². The van der Waals surface area contributed by atoms with Crippen molar-refractivity contribution >= 4 is 0 Å². The van der Waals surface area contributed by atoms with Crippen LogP contribution in [-0.2, 0) is 6.42 Å². The fraction of sp³-hybridized carbons (Fsp3) is 0.500. The van der Waals surface area contributed by atoms with Crippen LogP contribution >= 0.6 is 0 Å². The Morgan fingerprint density at radius 3 is 2.60 bits per heavy atom. The van der Waals surface area contributed by atoms with Crippen molar-refractivity contribution in [3.63, 3.8) is 0 Å². The van der Waals surface area contributed by atoms with Gasteiger partial charge in [-0.25, -0.2) is 0 Å². The minimum Gasteiger partial charge on any atom is -0.339 e. The number of aryl methyl sites for hydroxylation is 2. The lowest BCUT2D eigenvalue weighted by Crippen LogP contribution is -2.25. The lowest BCUT2D eigenvalue weighted by atomic mass is 10.0. The minimum atomic E-state index is 0.458. The summed E-state index contributed by atoms with van der Waals surface area (Å²) >= 11 is 0. The van der Waals surface area contributed by atoms with Gasteiger partial charge in [-0.3, -0.25) is 0 Å². The van der Waals surface area contributed by atoms with Crippen LogP contribution in [0.3, 0.4) is 0 Å². The minimum absolute atomic E-state index is 0.458. The summed E-state index contributed by atoms with van der Waals surface area (Å²) in [6.45, 7) is 4.84. The topological polar surface area (TPSA) is 51.0 Å². The van der Waals surface area contributed by atoms with Crippen molar-refractivity contribution in [3.8, 4) is 0 Å². The third-order valence-corrected chi connectivity index (χ3v) is 3.80. The first-order valence-electron chi connectivity index (χ1n) is 7.31. The summed E-state index contributed by atoms with van der Waals surface area (Å²) in [4.78, 5) is 4.23. The number of hydrogen-bond donors (Lipinski definition) is 1. The summed E-state index contributed by atoms with van der Waals surface area (Å²) in [5.74, 6) is 2.20. The van der Waals surface area contributed by atoms with E-state index in [4.69, 9.17) is 4.52 Å². The van der Waals surface area contributed by atoms with E-state index in [0.717, 1.165) is 18.9 Å². The molecule has 0 bridgehead atoms. The molecule has 1 fully saturated rings. The van der Waals surface area contributed by atoms with Crippen molar-refractivity contribution in [2.45, 2.75) is 39.2 Å². The molecule has 4 nitrogen and oxygen atoms in total. The van der Waals surface area contributed by atoms with Crippen molar-refractivity contribution in [1.29, 1.82) is 0 Å². The van der Waals surface area contributed by atoms with Crippen molar-refractivity contribution in [2.24, 2.45) is 5.92 Å². The van der Waals surface area contributed by atoms with Crippen molar-refractivity contribution < 1.29 is 4.52 Å². The van der Waals surface area contributed by atoms with Crippen LogP contribution in [0.15, 0.2) is 28.8 Å². The molecule has 2 aromatic rings. The Balaban J connectivity index is 1.59. The molecule has 1 aliphatic carbocycles. The van der Waals surface area contributed by atoms with Gasteiger partial charge in [0.25, 0.3) is 0 Å². The highest BCUT2D eigenvalue weighted by Gasteiger charge is 2.31. The smallest absolute Gasteiger partial charge is 0.227 e. The van der Waals surface area contributed by atoms with Crippen LogP contribution in [0.4, 0.5) is 0 Å². The monoisotopic (exact) mass is 271 g/mol. The zero-order valence-corrected chi connectivity index (χ0v) is 12.1. The number of aromatic nitrogens is 2. The number of rotatable bonds is 6. The first-order valence-corrected chi connectivity index (χ1v) is 7.31. The van der Waals surface area contributed by atoms with Crippen LogP contribution in [-0.4, -0.2) is 16.7 Å². The standard InChI is InChI=1S/C16H21N3O/c1-11-3-5-13(6-4-11)16(14-7-8-14)17-10-9-15-18-12(2)19-20-15/h3-6,14,16-17H,7-10H2,1-2H3. The molecule has 0 amide bonds. The molecule has 0 spiro atoms. The van der Waals surface area contributed by atoms with E-state index in [9.17, 15) is 0 Å². The van der Waals surface area contributed by atoms with Crippen LogP contribution in [0.1, 0.15) is 41.7 Å². The Morgan fingerprint density at radius 2 is 2.00 bits per heavy atom. The average molecular weight is 271 g/mol. The van der Waals surface area contributed by atoms with E-state index in [-0.39, 0.29) is 0 Å². The SMILES string of the molecule is Cc1ccc(C(NCCc2nc(C)no2)C2CC2)cc1. The fourth-order valence-corrected chi connectivity index (χ4v) is 2.54. The molecule has 1 atom stereocenters. The fourth-order valence-electron chi connectivity index (χ4n) is 2.54. The Hall–Kier alpha value is -1.68. The summed E-state index contributed by atoms with van der Waals surface area (Å²) in [6, 6.07) is 9.31. The molecular weight excluding hydrogens is 250 g/mol. The lowest BCUT2D eigenvalue weighted by Gasteiger charge is -2.18. The molecule has 1 unspecified atom stereocenters. The van der Waals surface area contributed by atoms with Crippen molar-refractivity contribution in [2.75, 3.05) is 6.54 Å². The lowest BCUT2D eigenvalue weighted by molar-refractivity contribution is 0.366. The van der Waals surface area contributed by atoms with E-state index in [0.29, 0.717) is 17.8 Å². The van der Waals surface area contributed by atoms with Gasteiger partial charge in [-0.05, 0) is 38.2 Å². The zero-order valence-electron chi connectivity index (χ0n) is 12.1. The van der Waals surface area contributed by atoms with Crippen LogP contribution in [0.25, 0.3) is 0 Å². The van der Waals surface area contributed by atoms with Crippen LogP contribution < -0.4 is 5.32 Å². The summed E-state index contributed by atoms with van der Waals surface area (Å²) in [5, 5.41) is 7.46. The second-order valence-electron chi connectivity index (χ2n) is 5.67. The third kappa shape index (κ3) is 3.25. The highest BCUT2D eigenvalue weighted by atomic mass is 16.5. The molecule has 0 aliphatic heterocycles. The quantitative estimate of drug-likeness (QED) is 0.877. The Morgan fingerprint density at radius 1 is 1.25 bits per heavy atom. The van der Waals surface area contributed by atoms with Crippen LogP contribution in [0.2, 0.25) is 0 Å². The number of nitrogens with zero attached hydrogens (tertiary/aromatic N) is 2. The summed E-state index contributed by atoms with van der Waals surface area (Å²) in [7, 11) is 0. The molecule has 20 heavy (non-hydrogen) atoms. The van der Waals surface area contributed by atoms with E-state index < -0.39 is 0 Å². The average Bonchev–Trinajstić information content (AvgIpc) is 3.19. The molecule has 0 radical (unpaired) electrons. The van der Waals surface area contributed by atoms with Gasteiger partial charge in [0.15, 0.2) is 5.82 Å². The van der Waals surface area contributed by atoms with E-state index in [1.54, 1.807) is 0 Å². The molecular formula is C16H21N3O. The summed E-state index contributed by atoms with van der Waals surface area (Å²) < 4.78 is 5.14. The summed E-state index contributed by atoms with van der Waals surface area (Å²) in [5.41, 5.74) is 2.70. The zero-order chi connectivity index (χ0) is 13.9. The third-order valence-electron chi connectivity index (χ3n) is 3.80. The van der Waals surface area contributed by atoms with Crippen molar-refractivity contribution in [3.05, 3.63) is 47.1 Å².